The van der Waals surface area contributed by atoms with Gasteiger partial charge in [0.05, 0.1) is 11.0 Å². The van der Waals surface area contributed by atoms with Crippen molar-refractivity contribution in [2.45, 2.75) is 58.8 Å². The molecule has 0 saturated carbocycles. The smallest absolute Gasteiger partial charge is 0.153 e. The first kappa shape index (κ1) is 15.9. The maximum absolute atomic E-state index is 11.9. The maximum Gasteiger partial charge on any atom is 0.153 e. The molecule has 1 N–H and O–H groups in total. The molecular weight excluding hydrogens is 222 g/mol. The number of nitrogens with one attached hydrogen (secondary N) is 1. The zero-order valence-electron chi connectivity index (χ0n) is 11.3. The SMILES string of the molecule is CCCNC(C)CC(C)S(=O)(=O)CC(C)C. The lowest BCUT2D eigenvalue weighted by Crippen LogP contribution is -2.34. The summed E-state index contributed by atoms with van der Waals surface area (Å²) in [7, 11) is -2.92. The average molecular weight is 249 g/mol. The van der Waals surface area contributed by atoms with Crippen molar-refractivity contribution in [2.24, 2.45) is 5.92 Å². The van der Waals surface area contributed by atoms with Crippen molar-refractivity contribution in [1.29, 1.82) is 0 Å². The second kappa shape index (κ2) is 7.28. The Morgan fingerprint density at radius 1 is 1.12 bits per heavy atom. The third-order valence-electron chi connectivity index (χ3n) is 2.61. The van der Waals surface area contributed by atoms with E-state index in [2.05, 4.69) is 19.2 Å². The van der Waals surface area contributed by atoms with Gasteiger partial charge >= 0.3 is 0 Å². The fourth-order valence-corrected chi connectivity index (χ4v) is 3.59. The number of hydrogen-bond acceptors (Lipinski definition) is 3. The highest BCUT2D eigenvalue weighted by atomic mass is 32.2. The molecule has 0 aliphatic carbocycles. The Labute approximate surface area is 101 Å². The molecule has 0 rings (SSSR count). The molecule has 0 heterocycles. The van der Waals surface area contributed by atoms with Gasteiger partial charge in [0.25, 0.3) is 0 Å². The molecule has 0 fully saturated rings. The largest absolute Gasteiger partial charge is 0.314 e. The lowest BCUT2D eigenvalue weighted by atomic mass is 10.2. The first-order chi connectivity index (χ1) is 7.29. The molecule has 2 atom stereocenters. The quantitative estimate of drug-likeness (QED) is 0.717. The summed E-state index contributed by atoms with van der Waals surface area (Å²) >= 11 is 0. The van der Waals surface area contributed by atoms with Crippen LogP contribution in [0.2, 0.25) is 0 Å². The summed E-state index contributed by atoms with van der Waals surface area (Å²) in [4.78, 5) is 0. The van der Waals surface area contributed by atoms with Gasteiger partial charge in [-0.25, -0.2) is 8.42 Å². The first-order valence-corrected chi connectivity index (χ1v) is 7.96. The number of rotatable bonds is 8. The summed E-state index contributed by atoms with van der Waals surface area (Å²) in [5.74, 6) is 0.514. The highest BCUT2D eigenvalue weighted by Gasteiger charge is 2.23. The summed E-state index contributed by atoms with van der Waals surface area (Å²) in [5, 5.41) is 3.08. The van der Waals surface area contributed by atoms with Crippen molar-refractivity contribution in [2.75, 3.05) is 12.3 Å². The van der Waals surface area contributed by atoms with E-state index in [4.69, 9.17) is 0 Å². The van der Waals surface area contributed by atoms with Crippen molar-refractivity contribution in [3.8, 4) is 0 Å². The summed E-state index contributed by atoms with van der Waals surface area (Å²) in [6, 6.07) is 0.275. The van der Waals surface area contributed by atoms with E-state index in [1.165, 1.54) is 0 Å². The molecule has 0 aromatic rings. The molecule has 3 nitrogen and oxygen atoms in total. The van der Waals surface area contributed by atoms with Gasteiger partial charge in [0.1, 0.15) is 0 Å². The zero-order valence-corrected chi connectivity index (χ0v) is 12.1. The molecule has 0 saturated heterocycles. The third kappa shape index (κ3) is 6.48. The Bertz CT molecular complexity index is 273. The first-order valence-electron chi connectivity index (χ1n) is 6.24. The van der Waals surface area contributed by atoms with Gasteiger partial charge in [-0.2, -0.15) is 0 Å². The lowest BCUT2D eigenvalue weighted by Gasteiger charge is -2.19. The van der Waals surface area contributed by atoms with E-state index in [0.717, 1.165) is 13.0 Å². The molecule has 0 aliphatic heterocycles. The Kier molecular flexibility index (Phi) is 7.24. The van der Waals surface area contributed by atoms with Gasteiger partial charge < -0.3 is 5.32 Å². The lowest BCUT2D eigenvalue weighted by molar-refractivity contribution is 0.494. The topological polar surface area (TPSA) is 46.2 Å². The minimum atomic E-state index is -2.92. The van der Waals surface area contributed by atoms with Crippen molar-refractivity contribution in [3.63, 3.8) is 0 Å². The second-order valence-electron chi connectivity index (χ2n) is 5.12. The molecule has 16 heavy (non-hydrogen) atoms. The third-order valence-corrected chi connectivity index (χ3v) is 5.16. The van der Waals surface area contributed by atoms with Crippen LogP contribution < -0.4 is 5.32 Å². The van der Waals surface area contributed by atoms with Crippen LogP contribution >= 0.6 is 0 Å². The average Bonchev–Trinajstić information content (AvgIpc) is 2.12. The van der Waals surface area contributed by atoms with Crippen LogP contribution in [0.4, 0.5) is 0 Å². The van der Waals surface area contributed by atoms with E-state index >= 15 is 0 Å². The van der Waals surface area contributed by atoms with Gasteiger partial charge in [0.15, 0.2) is 9.84 Å². The van der Waals surface area contributed by atoms with Crippen LogP contribution in [-0.2, 0) is 9.84 Å². The molecule has 0 aliphatic rings. The monoisotopic (exact) mass is 249 g/mol. The zero-order chi connectivity index (χ0) is 12.8. The van der Waals surface area contributed by atoms with Crippen LogP contribution in [0.3, 0.4) is 0 Å². The molecule has 98 valence electrons. The van der Waals surface area contributed by atoms with Crippen molar-refractivity contribution in [3.05, 3.63) is 0 Å². The highest BCUT2D eigenvalue weighted by molar-refractivity contribution is 7.92. The maximum atomic E-state index is 11.9. The Morgan fingerprint density at radius 2 is 1.69 bits per heavy atom. The molecule has 2 unspecified atom stereocenters. The minimum absolute atomic E-state index is 0.214. The molecule has 0 spiro atoms. The van der Waals surface area contributed by atoms with E-state index < -0.39 is 9.84 Å². The normalized spacial score (nSPS) is 16.4. The number of sulfone groups is 1. The molecule has 0 bridgehead atoms. The van der Waals surface area contributed by atoms with Crippen LogP contribution in [0, 0.1) is 5.92 Å². The van der Waals surface area contributed by atoms with Gasteiger partial charge in [0.2, 0.25) is 0 Å². The fourth-order valence-electron chi connectivity index (χ4n) is 1.75. The second-order valence-corrected chi connectivity index (χ2v) is 7.59. The molecule has 4 heteroatoms. The van der Waals surface area contributed by atoms with Crippen molar-refractivity contribution < 1.29 is 8.42 Å². The van der Waals surface area contributed by atoms with Gasteiger partial charge in [-0.05, 0) is 39.2 Å². The van der Waals surface area contributed by atoms with E-state index in [-0.39, 0.29) is 17.2 Å². The van der Waals surface area contributed by atoms with Crippen LogP contribution in [0.15, 0.2) is 0 Å². The summed E-state index contributed by atoms with van der Waals surface area (Å²) < 4.78 is 23.8. The molecule has 0 amide bonds. The summed E-state index contributed by atoms with van der Waals surface area (Å²) in [6.07, 6.45) is 1.78. The Hall–Kier alpha value is -0.0900. The van der Waals surface area contributed by atoms with E-state index in [1.54, 1.807) is 0 Å². The van der Waals surface area contributed by atoms with Crippen LogP contribution in [-0.4, -0.2) is 32.0 Å². The summed E-state index contributed by atoms with van der Waals surface area (Å²) in [5.41, 5.74) is 0. The van der Waals surface area contributed by atoms with Crippen molar-refractivity contribution in [1.82, 2.24) is 5.32 Å². The fraction of sp³-hybridized carbons (Fsp3) is 1.00. The standard InChI is InChI=1S/C12H27NO2S/c1-6-7-13-11(4)8-12(5)16(14,15)9-10(2)3/h10-13H,6-9H2,1-5H3. The van der Waals surface area contributed by atoms with E-state index in [1.807, 2.05) is 20.8 Å². The highest BCUT2D eigenvalue weighted by Crippen LogP contribution is 2.12. The molecule has 0 aromatic carbocycles. The molecule has 0 radical (unpaired) electrons. The van der Waals surface area contributed by atoms with E-state index in [9.17, 15) is 8.42 Å². The Morgan fingerprint density at radius 3 is 2.12 bits per heavy atom. The molecule has 0 aromatic heterocycles. The van der Waals surface area contributed by atoms with Crippen LogP contribution in [0.1, 0.15) is 47.5 Å². The predicted molar refractivity (Wildman–Crippen MR) is 70.5 cm³/mol. The Balaban J connectivity index is 4.18. The molecular formula is C12H27NO2S. The predicted octanol–water partition coefficient (Wildman–Crippen LogP) is 2.22. The van der Waals surface area contributed by atoms with Gasteiger partial charge in [0, 0.05) is 6.04 Å². The van der Waals surface area contributed by atoms with E-state index in [0.29, 0.717) is 12.2 Å². The van der Waals surface area contributed by atoms with Crippen LogP contribution in [0.25, 0.3) is 0 Å². The number of hydrogen-bond donors (Lipinski definition) is 1. The minimum Gasteiger partial charge on any atom is -0.314 e. The van der Waals surface area contributed by atoms with Gasteiger partial charge in [-0.15, -0.1) is 0 Å². The van der Waals surface area contributed by atoms with Crippen LogP contribution in [0.5, 0.6) is 0 Å². The summed E-state index contributed by atoms with van der Waals surface area (Å²) in [6.45, 7) is 10.8. The van der Waals surface area contributed by atoms with Gasteiger partial charge in [-0.1, -0.05) is 20.8 Å². The van der Waals surface area contributed by atoms with Gasteiger partial charge in [-0.3, -0.25) is 0 Å². The van der Waals surface area contributed by atoms with Crippen molar-refractivity contribution >= 4 is 9.84 Å².